The minimum atomic E-state index is -0.418. The van der Waals surface area contributed by atoms with E-state index in [1.807, 2.05) is 57.2 Å². The second-order valence-electron chi connectivity index (χ2n) is 9.55. The largest absolute Gasteiger partial charge is 0.495 e. The first-order valence-corrected chi connectivity index (χ1v) is 13.0. The van der Waals surface area contributed by atoms with E-state index < -0.39 is 6.03 Å². The first-order chi connectivity index (χ1) is 18.2. The Morgan fingerprint density at radius 2 is 1.47 bits per heavy atom. The molecule has 0 radical (unpaired) electrons. The normalized spacial score (nSPS) is 13.3. The van der Waals surface area contributed by atoms with Crippen molar-refractivity contribution in [3.8, 4) is 5.75 Å². The molecule has 200 valence electrons. The highest BCUT2D eigenvalue weighted by atomic mass is 35.5. The molecule has 3 amide bonds. The first-order valence-electron chi connectivity index (χ1n) is 12.7. The summed E-state index contributed by atoms with van der Waals surface area (Å²) in [6.07, 6.45) is 0. The van der Waals surface area contributed by atoms with Crippen LogP contribution in [0.4, 0.5) is 27.5 Å². The highest BCUT2D eigenvalue weighted by Crippen LogP contribution is 2.31. The predicted molar refractivity (Wildman–Crippen MR) is 155 cm³/mol. The van der Waals surface area contributed by atoms with Crippen LogP contribution < -0.4 is 30.5 Å². The quantitative estimate of drug-likeness (QED) is 0.358. The summed E-state index contributed by atoms with van der Waals surface area (Å²) in [5.41, 5.74) is 4.44. The second-order valence-corrected chi connectivity index (χ2v) is 9.96. The molecule has 0 aromatic heterocycles. The van der Waals surface area contributed by atoms with Crippen LogP contribution in [0.15, 0.2) is 60.7 Å². The summed E-state index contributed by atoms with van der Waals surface area (Å²) < 4.78 is 5.54. The third-order valence-electron chi connectivity index (χ3n) is 6.39. The molecule has 4 rings (SSSR count). The lowest BCUT2D eigenvalue weighted by Crippen LogP contribution is -2.47. The number of hydrogen-bond donors (Lipinski definition) is 3. The van der Waals surface area contributed by atoms with Gasteiger partial charge in [-0.1, -0.05) is 29.8 Å². The number of aryl methyl sites for hydroxylation is 1. The van der Waals surface area contributed by atoms with Crippen LogP contribution in [-0.4, -0.2) is 51.3 Å². The van der Waals surface area contributed by atoms with Crippen molar-refractivity contribution >= 4 is 46.3 Å². The summed E-state index contributed by atoms with van der Waals surface area (Å²) in [6, 6.07) is 18.3. The Balaban J connectivity index is 1.50. The van der Waals surface area contributed by atoms with Gasteiger partial charge in [-0.15, -0.1) is 0 Å². The number of nitrogens with zero attached hydrogens (tertiary/aromatic N) is 2. The van der Waals surface area contributed by atoms with Crippen molar-refractivity contribution < 1.29 is 14.3 Å². The van der Waals surface area contributed by atoms with Crippen LogP contribution in [0.3, 0.4) is 0 Å². The molecule has 0 bridgehead atoms. The number of anilines is 4. The molecule has 3 N–H and O–H groups in total. The van der Waals surface area contributed by atoms with E-state index >= 15 is 0 Å². The number of ether oxygens (including phenoxy) is 1. The van der Waals surface area contributed by atoms with Gasteiger partial charge in [0.2, 0.25) is 0 Å². The van der Waals surface area contributed by atoms with E-state index in [0.29, 0.717) is 22.0 Å². The lowest BCUT2D eigenvalue weighted by molar-refractivity contribution is 0.0943. The molecule has 3 aromatic carbocycles. The van der Waals surface area contributed by atoms with Gasteiger partial charge in [0.25, 0.3) is 5.91 Å². The van der Waals surface area contributed by atoms with Crippen molar-refractivity contribution in [3.63, 3.8) is 0 Å². The summed E-state index contributed by atoms with van der Waals surface area (Å²) >= 11 is 6.17. The minimum absolute atomic E-state index is 0.0241. The summed E-state index contributed by atoms with van der Waals surface area (Å²) in [5, 5.41) is 9.18. The average molecular weight is 536 g/mol. The topological polar surface area (TPSA) is 85.9 Å². The molecule has 0 unspecified atom stereocenters. The molecule has 9 heteroatoms. The van der Waals surface area contributed by atoms with Gasteiger partial charge in [-0.2, -0.15) is 0 Å². The zero-order valence-corrected chi connectivity index (χ0v) is 22.9. The third kappa shape index (κ3) is 6.50. The van der Waals surface area contributed by atoms with E-state index in [0.717, 1.165) is 48.9 Å². The van der Waals surface area contributed by atoms with Gasteiger partial charge < -0.3 is 30.5 Å². The SMILES string of the molecule is COc1ccccc1N1CCN(c2ccc(NC(=O)Nc3ccc(C)c(Cl)c3)cc2C(=O)NC(C)C)CC1. The van der Waals surface area contributed by atoms with Crippen LogP contribution in [0.25, 0.3) is 0 Å². The van der Waals surface area contributed by atoms with Gasteiger partial charge in [0, 0.05) is 54.3 Å². The molecule has 1 fully saturated rings. The fourth-order valence-electron chi connectivity index (χ4n) is 4.45. The zero-order chi connectivity index (χ0) is 27.2. The number of rotatable bonds is 7. The summed E-state index contributed by atoms with van der Waals surface area (Å²) in [7, 11) is 1.68. The molecule has 1 heterocycles. The van der Waals surface area contributed by atoms with Gasteiger partial charge in [0.05, 0.1) is 18.4 Å². The maximum Gasteiger partial charge on any atom is 0.323 e. The van der Waals surface area contributed by atoms with Crippen molar-refractivity contribution in [1.29, 1.82) is 0 Å². The maximum atomic E-state index is 13.2. The lowest BCUT2D eigenvalue weighted by atomic mass is 10.1. The number of amides is 3. The van der Waals surface area contributed by atoms with E-state index in [2.05, 4.69) is 31.8 Å². The number of piperazine rings is 1. The average Bonchev–Trinajstić information content (AvgIpc) is 2.90. The number of halogens is 1. The monoisotopic (exact) mass is 535 g/mol. The van der Waals surface area contributed by atoms with Crippen molar-refractivity contribution in [2.45, 2.75) is 26.8 Å². The highest BCUT2D eigenvalue weighted by Gasteiger charge is 2.24. The van der Waals surface area contributed by atoms with Crippen molar-refractivity contribution in [3.05, 3.63) is 76.8 Å². The van der Waals surface area contributed by atoms with Gasteiger partial charge >= 0.3 is 6.03 Å². The van der Waals surface area contributed by atoms with Gasteiger partial charge in [0.15, 0.2) is 0 Å². The van der Waals surface area contributed by atoms with Crippen molar-refractivity contribution in [1.82, 2.24) is 5.32 Å². The molecule has 8 nitrogen and oxygen atoms in total. The third-order valence-corrected chi connectivity index (χ3v) is 6.80. The zero-order valence-electron chi connectivity index (χ0n) is 22.2. The Morgan fingerprint density at radius 1 is 0.868 bits per heavy atom. The minimum Gasteiger partial charge on any atom is -0.495 e. The molecule has 0 spiro atoms. The first kappa shape index (κ1) is 27.1. The van der Waals surface area contributed by atoms with Crippen LogP contribution in [0, 0.1) is 6.92 Å². The van der Waals surface area contributed by atoms with E-state index in [-0.39, 0.29) is 11.9 Å². The van der Waals surface area contributed by atoms with Gasteiger partial charge in [-0.25, -0.2) is 4.79 Å². The number of para-hydroxylation sites is 2. The summed E-state index contributed by atoms with van der Waals surface area (Å²) in [6.45, 7) is 8.79. The van der Waals surface area contributed by atoms with E-state index in [1.165, 1.54) is 0 Å². The summed E-state index contributed by atoms with van der Waals surface area (Å²) in [5.74, 6) is 0.663. The number of carbonyl (C=O) groups is 2. The fraction of sp³-hybridized carbons (Fsp3) is 0.310. The molecule has 1 aliphatic heterocycles. The molecule has 38 heavy (non-hydrogen) atoms. The standard InChI is InChI=1S/C29H34ClN5O3/c1-19(2)31-28(36)23-17-21(32-29(37)33-22-10-9-20(3)24(30)18-22)11-12-25(23)34-13-15-35(16-14-34)26-7-5-6-8-27(26)38-4/h5-12,17-19H,13-16H2,1-4H3,(H,31,36)(H2,32,33,37). The van der Waals surface area contributed by atoms with Crippen LogP contribution in [0.1, 0.15) is 29.8 Å². The Bertz CT molecular complexity index is 1310. The molecule has 1 saturated heterocycles. The van der Waals surface area contributed by atoms with E-state index in [1.54, 1.807) is 25.3 Å². The molecular formula is C29H34ClN5O3. The van der Waals surface area contributed by atoms with Crippen molar-refractivity contribution in [2.24, 2.45) is 0 Å². The van der Waals surface area contributed by atoms with Crippen LogP contribution in [0.2, 0.25) is 5.02 Å². The van der Waals surface area contributed by atoms with Crippen molar-refractivity contribution in [2.75, 3.05) is 53.7 Å². The van der Waals surface area contributed by atoms with Crippen LogP contribution in [0.5, 0.6) is 5.75 Å². The molecule has 0 atom stereocenters. The number of benzene rings is 3. The number of carbonyl (C=O) groups excluding carboxylic acids is 2. The molecule has 1 aliphatic rings. The van der Waals surface area contributed by atoms with E-state index in [4.69, 9.17) is 16.3 Å². The smallest absolute Gasteiger partial charge is 0.323 e. The predicted octanol–water partition coefficient (Wildman–Crippen LogP) is 5.77. The van der Waals surface area contributed by atoms with Crippen LogP contribution >= 0.6 is 11.6 Å². The maximum absolute atomic E-state index is 13.2. The van der Waals surface area contributed by atoms with E-state index in [9.17, 15) is 9.59 Å². The number of methoxy groups -OCH3 is 1. The lowest BCUT2D eigenvalue weighted by Gasteiger charge is -2.38. The molecular weight excluding hydrogens is 502 g/mol. The molecule has 0 saturated carbocycles. The number of nitrogens with one attached hydrogen (secondary N) is 3. The van der Waals surface area contributed by atoms with Gasteiger partial charge in [-0.3, -0.25) is 4.79 Å². The van der Waals surface area contributed by atoms with Gasteiger partial charge in [0.1, 0.15) is 5.75 Å². The van der Waals surface area contributed by atoms with Crippen LogP contribution in [-0.2, 0) is 0 Å². The second kappa shape index (κ2) is 12.1. The van der Waals surface area contributed by atoms with Gasteiger partial charge in [-0.05, 0) is 68.8 Å². The fourth-order valence-corrected chi connectivity index (χ4v) is 4.64. The Kier molecular flexibility index (Phi) is 8.63. The Morgan fingerprint density at radius 3 is 2.11 bits per heavy atom. The number of hydrogen-bond acceptors (Lipinski definition) is 5. The summed E-state index contributed by atoms with van der Waals surface area (Å²) in [4.78, 5) is 30.3. The molecule has 0 aliphatic carbocycles. The Labute approximate surface area is 228 Å². The molecule has 3 aromatic rings. The Hall–Kier alpha value is -3.91. The number of urea groups is 1. The highest BCUT2D eigenvalue weighted by molar-refractivity contribution is 6.31.